The summed E-state index contributed by atoms with van der Waals surface area (Å²) in [7, 11) is 1.41. The van der Waals surface area contributed by atoms with Crippen LogP contribution in [0.15, 0.2) is 60.7 Å². The molecule has 4 nitrogen and oxygen atoms in total. The van der Waals surface area contributed by atoms with E-state index in [9.17, 15) is 4.79 Å². The first-order chi connectivity index (χ1) is 10.3. The van der Waals surface area contributed by atoms with Gasteiger partial charge in [-0.25, -0.2) is 5.06 Å². The Morgan fingerprint density at radius 1 is 1.10 bits per heavy atom. The number of hydrogen-bond donors (Lipinski definition) is 0. The van der Waals surface area contributed by atoms with Crippen LogP contribution in [0.25, 0.3) is 0 Å². The Labute approximate surface area is 123 Å². The van der Waals surface area contributed by atoms with Crippen LogP contribution in [0.5, 0.6) is 0 Å². The van der Waals surface area contributed by atoms with Crippen LogP contribution in [0.1, 0.15) is 11.6 Å². The van der Waals surface area contributed by atoms with Gasteiger partial charge in [0.25, 0.3) is 0 Å². The van der Waals surface area contributed by atoms with Crippen molar-refractivity contribution in [1.82, 2.24) is 0 Å². The molecule has 21 heavy (non-hydrogen) atoms. The molecule has 1 aliphatic heterocycles. The number of methoxy groups -OCH3 is 1. The number of carbonyl (C=O) groups is 1. The van der Waals surface area contributed by atoms with E-state index >= 15 is 0 Å². The van der Waals surface area contributed by atoms with E-state index in [0.717, 1.165) is 11.3 Å². The minimum Gasteiger partial charge on any atom is -0.469 e. The van der Waals surface area contributed by atoms with Crippen LogP contribution in [0.2, 0.25) is 0 Å². The van der Waals surface area contributed by atoms with Crippen molar-refractivity contribution in [1.29, 1.82) is 0 Å². The minimum atomic E-state index is -0.336. The molecule has 2 aromatic carbocycles. The number of para-hydroxylation sites is 1. The lowest BCUT2D eigenvalue weighted by molar-refractivity contribution is -0.145. The molecule has 0 radical (unpaired) electrons. The number of hydrogen-bond acceptors (Lipinski definition) is 4. The fourth-order valence-corrected chi connectivity index (χ4v) is 2.67. The second-order valence-corrected chi connectivity index (χ2v) is 4.94. The molecule has 1 saturated heterocycles. The molecule has 0 N–H and O–H groups in total. The standard InChI is InChI=1S/C17H17NO3/c1-20-17(19)15-12-21-18(14-10-6-3-7-11-14)16(15)13-8-4-2-5-9-13/h2-11,15-16H,12H2,1H3/t15-,16+/m0/s1. The van der Waals surface area contributed by atoms with E-state index in [-0.39, 0.29) is 17.9 Å². The van der Waals surface area contributed by atoms with Crippen molar-refractivity contribution in [2.45, 2.75) is 6.04 Å². The smallest absolute Gasteiger partial charge is 0.313 e. The van der Waals surface area contributed by atoms with E-state index < -0.39 is 0 Å². The second kappa shape index (κ2) is 5.97. The molecular weight excluding hydrogens is 266 g/mol. The van der Waals surface area contributed by atoms with Crippen molar-refractivity contribution in [3.63, 3.8) is 0 Å². The van der Waals surface area contributed by atoms with Gasteiger partial charge < -0.3 is 4.74 Å². The molecule has 3 rings (SSSR count). The third-order valence-corrected chi connectivity index (χ3v) is 3.68. The van der Waals surface area contributed by atoms with Crippen molar-refractivity contribution in [2.24, 2.45) is 5.92 Å². The topological polar surface area (TPSA) is 38.8 Å². The molecule has 1 fully saturated rings. The van der Waals surface area contributed by atoms with Crippen molar-refractivity contribution >= 4 is 11.7 Å². The van der Waals surface area contributed by atoms with Gasteiger partial charge in [0.15, 0.2) is 0 Å². The Bertz CT molecular complexity index is 600. The molecule has 0 amide bonds. The lowest BCUT2D eigenvalue weighted by Gasteiger charge is -2.26. The highest BCUT2D eigenvalue weighted by Crippen LogP contribution is 2.39. The molecule has 2 aromatic rings. The molecule has 0 aromatic heterocycles. The van der Waals surface area contributed by atoms with Crippen molar-refractivity contribution in [3.05, 3.63) is 66.2 Å². The highest BCUT2D eigenvalue weighted by molar-refractivity contribution is 5.75. The SMILES string of the molecule is COC(=O)[C@H]1CON(c2ccccc2)[C@@H]1c1ccccc1. The maximum atomic E-state index is 12.0. The quantitative estimate of drug-likeness (QED) is 0.812. The Morgan fingerprint density at radius 3 is 2.33 bits per heavy atom. The van der Waals surface area contributed by atoms with Crippen LogP contribution in [-0.4, -0.2) is 19.7 Å². The third-order valence-electron chi connectivity index (χ3n) is 3.68. The molecule has 1 heterocycles. The van der Waals surface area contributed by atoms with Gasteiger partial charge in [0.05, 0.1) is 25.4 Å². The maximum absolute atomic E-state index is 12.0. The summed E-state index contributed by atoms with van der Waals surface area (Å²) in [4.78, 5) is 17.8. The molecular formula is C17H17NO3. The third kappa shape index (κ3) is 2.62. The summed E-state index contributed by atoms with van der Waals surface area (Å²) in [5, 5.41) is 1.80. The fourth-order valence-electron chi connectivity index (χ4n) is 2.67. The van der Waals surface area contributed by atoms with E-state index in [1.54, 1.807) is 5.06 Å². The maximum Gasteiger partial charge on any atom is 0.313 e. The summed E-state index contributed by atoms with van der Waals surface area (Å²) in [6.45, 7) is 0.321. The lowest BCUT2D eigenvalue weighted by atomic mass is 9.94. The number of anilines is 1. The number of esters is 1. The van der Waals surface area contributed by atoms with Crippen molar-refractivity contribution < 1.29 is 14.4 Å². The molecule has 4 heteroatoms. The van der Waals surface area contributed by atoms with Crippen molar-refractivity contribution in [2.75, 3.05) is 18.8 Å². The van der Waals surface area contributed by atoms with Gasteiger partial charge >= 0.3 is 5.97 Å². The summed E-state index contributed by atoms with van der Waals surface area (Å²) in [6, 6.07) is 19.5. The number of benzene rings is 2. The van der Waals surface area contributed by atoms with Gasteiger partial charge in [-0.2, -0.15) is 0 Å². The Morgan fingerprint density at radius 2 is 1.71 bits per heavy atom. The Hall–Kier alpha value is -2.33. The number of nitrogens with zero attached hydrogens (tertiary/aromatic N) is 1. The molecule has 108 valence electrons. The first-order valence-electron chi connectivity index (χ1n) is 6.91. The van der Waals surface area contributed by atoms with E-state index in [0.29, 0.717) is 6.61 Å². The highest BCUT2D eigenvalue weighted by atomic mass is 16.7. The zero-order valence-electron chi connectivity index (χ0n) is 11.8. The molecule has 0 unspecified atom stereocenters. The van der Waals surface area contributed by atoms with Crippen LogP contribution >= 0.6 is 0 Å². The molecule has 1 aliphatic rings. The predicted molar refractivity (Wildman–Crippen MR) is 79.6 cm³/mol. The van der Waals surface area contributed by atoms with E-state index in [2.05, 4.69) is 0 Å². The predicted octanol–water partition coefficient (Wildman–Crippen LogP) is 2.97. The average molecular weight is 283 g/mol. The van der Waals surface area contributed by atoms with Gasteiger partial charge in [-0.3, -0.25) is 9.63 Å². The van der Waals surface area contributed by atoms with Gasteiger partial charge in [-0.05, 0) is 17.7 Å². The summed E-state index contributed by atoms with van der Waals surface area (Å²) >= 11 is 0. The molecule has 0 spiro atoms. The molecule has 0 aliphatic carbocycles. The number of rotatable bonds is 3. The zero-order valence-corrected chi connectivity index (χ0v) is 11.8. The minimum absolute atomic E-state index is 0.180. The second-order valence-electron chi connectivity index (χ2n) is 4.94. The molecule has 0 saturated carbocycles. The largest absolute Gasteiger partial charge is 0.469 e. The summed E-state index contributed by atoms with van der Waals surface area (Å²) in [6.07, 6.45) is 0. The number of carbonyl (C=O) groups excluding carboxylic acids is 1. The average Bonchev–Trinajstić information content (AvgIpc) is 3.00. The van der Waals surface area contributed by atoms with Crippen LogP contribution < -0.4 is 5.06 Å². The van der Waals surface area contributed by atoms with Crippen LogP contribution in [0.3, 0.4) is 0 Å². The first-order valence-corrected chi connectivity index (χ1v) is 6.91. The summed E-state index contributed by atoms with van der Waals surface area (Å²) < 4.78 is 4.92. The lowest BCUT2D eigenvalue weighted by Crippen LogP contribution is -2.28. The molecule has 2 atom stereocenters. The Kier molecular flexibility index (Phi) is 3.88. The molecule has 0 bridgehead atoms. The van der Waals surface area contributed by atoms with Gasteiger partial charge in [-0.1, -0.05) is 48.5 Å². The van der Waals surface area contributed by atoms with Crippen LogP contribution in [0, 0.1) is 5.92 Å². The van der Waals surface area contributed by atoms with E-state index in [1.807, 2.05) is 60.7 Å². The number of hydroxylamine groups is 1. The van der Waals surface area contributed by atoms with E-state index in [1.165, 1.54) is 7.11 Å². The van der Waals surface area contributed by atoms with Crippen LogP contribution in [0.4, 0.5) is 5.69 Å². The van der Waals surface area contributed by atoms with Gasteiger partial charge in [0, 0.05) is 0 Å². The number of ether oxygens (including phenoxy) is 1. The van der Waals surface area contributed by atoms with Gasteiger partial charge in [0.2, 0.25) is 0 Å². The fraction of sp³-hybridized carbons (Fsp3) is 0.235. The Balaban J connectivity index is 1.99. The monoisotopic (exact) mass is 283 g/mol. The first kappa shape index (κ1) is 13.6. The van der Waals surface area contributed by atoms with Gasteiger partial charge in [-0.15, -0.1) is 0 Å². The van der Waals surface area contributed by atoms with Crippen molar-refractivity contribution in [3.8, 4) is 0 Å². The van der Waals surface area contributed by atoms with E-state index in [4.69, 9.17) is 9.57 Å². The summed E-state index contributed by atoms with van der Waals surface area (Å²) in [5.41, 5.74) is 1.96. The normalized spacial score (nSPS) is 21.3. The zero-order chi connectivity index (χ0) is 14.7. The van der Waals surface area contributed by atoms with Gasteiger partial charge in [0.1, 0.15) is 5.92 Å². The highest BCUT2D eigenvalue weighted by Gasteiger charge is 2.42. The summed E-state index contributed by atoms with van der Waals surface area (Å²) in [5.74, 6) is -0.583. The van der Waals surface area contributed by atoms with Crippen LogP contribution in [-0.2, 0) is 14.4 Å².